The predicted octanol–water partition coefficient (Wildman–Crippen LogP) is 4.83. The van der Waals surface area contributed by atoms with Crippen molar-refractivity contribution in [1.82, 2.24) is 4.98 Å². The zero-order valence-electron chi connectivity index (χ0n) is 9.12. The molecule has 0 N–H and O–H groups in total. The summed E-state index contributed by atoms with van der Waals surface area (Å²) in [5.74, 6) is -1.38. The van der Waals surface area contributed by atoms with Crippen LogP contribution in [0.5, 0.6) is 5.88 Å². The average Bonchev–Trinajstić information content (AvgIpc) is 2.23. The number of rotatable bonds is 3. The predicted molar refractivity (Wildman–Crippen MR) is 53.5 cm³/mol. The summed E-state index contributed by atoms with van der Waals surface area (Å²) in [5.41, 5.74) is -4.42. The Balaban J connectivity index is 3.47. The van der Waals surface area contributed by atoms with E-state index in [4.69, 9.17) is 0 Å². The third-order valence-corrected chi connectivity index (χ3v) is 2.56. The first-order valence-electron chi connectivity index (χ1n) is 4.66. The van der Waals surface area contributed by atoms with E-state index in [-0.39, 0.29) is 0 Å². The largest absolute Gasteiger partial charge is 0.574 e. The van der Waals surface area contributed by atoms with Crippen molar-refractivity contribution in [2.45, 2.75) is 24.3 Å². The Morgan fingerprint density at radius 1 is 1.15 bits per heavy atom. The molecule has 0 amide bonds. The van der Waals surface area contributed by atoms with Gasteiger partial charge in [0.05, 0.1) is 5.56 Å². The molecule has 1 rings (SSSR count). The summed E-state index contributed by atoms with van der Waals surface area (Å²) in [5, 5.41) is -0.599. The molecular formula is C9H4BrF8NO. The van der Waals surface area contributed by atoms with E-state index >= 15 is 0 Å². The number of halogens is 9. The van der Waals surface area contributed by atoms with E-state index in [1.54, 1.807) is 0 Å². The lowest BCUT2D eigenvalue weighted by Gasteiger charge is -2.17. The molecule has 0 fully saturated rings. The van der Waals surface area contributed by atoms with Crippen LogP contribution in [0, 0.1) is 0 Å². The van der Waals surface area contributed by atoms with E-state index < -0.39 is 47.0 Å². The molecule has 2 nitrogen and oxygen atoms in total. The molecule has 1 heterocycles. The van der Waals surface area contributed by atoms with Crippen LogP contribution >= 0.6 is 15.9 Å². The van der Waals surface area contributed by atoms with E-state index in [2.05, 4.69) is 25.7 Å². The summed E-state index contributed by atoms with van der Waals surface area (Å²) in [6.07, 6.45) is -14.1. The van der Waals surface area contributed by atoms with Crippen LogP contribution in [-0.2, 0) is 11.5 Å². The molecule has 0 saturated heterocycles. The lowest BCUT2D eigenvalue weighted by atomic mass is 10.1. The zero-order valence-corrected chi connectivity index (χ0v) is 10.7. The third-order valence-electron chi connectivity index (χ3n) is 1.96. The Labute approximate surface area is 114 Å². The Morgan fingerprint density at radius 2 is 1.70 bits per heavy atom. The van der Waals surface area contributed by atoms with Gasteiger partial charge in [0.2, 0.25) is 5.88 Å². The fourth-order valence-corrected chi connectivity index (χ4v) is 1.80. The van der Waals surface area contributed by atoms with Crippen LogP contribution in [0.15, 0.2) is 6.07 Å². The van der Waals surface area contributed by atoms with Crippen LogP contribution < -0.4 is 4.74 Å². The molecule has 1 aromatic heterocycles. The van der Waals surface area contributed by atoms with E-state index in [0.717, 1.165) is 0 Å². The fourth-order valence-electron chi connectivity index (χ4n) is 1.35. The smallest absolute Gasteiger partial charge is 0.388 e. The number of hydrogen-bond donors (Lipinski definition) is 0. The minimum Gasteiger partial charge on any atom is -0.388 e. The molecule has 0 unspecified atom stereocenters. The van der Waals surface area contributed by atoms with Crippen LogP contribution in [-0.4, -0.2) is 11.3 Å². The minimum atomic E-state index is -5.25. The maximum absolute atomic E-state index is 12.7. The van der Waals surface area contributed by atoms with E-state index in [1.807, 2.05) is 0 Å². The van der Waals surface area contributed by atoms with Gasteiger partial charge in [-0.25, -0.2) is 13.8 Å². The van der Waals surface area contributed by atoms with Gasteiger partial charge in [0.15, 0.2) is 0 Å². The number of ether oxygens (including phenoxy) is 1. The average molecular weight is 374 g/mol. The second-order valence-corrected chi connectivity index (χ2v) is 3.92. The van der Waals surface area contributed by atoms with Gasteiger partial charge in [-0.3, -0.25) is 0 Å². The van der Waals surface area contributed by atoms with Crippen LogP contribution in [0.25, 0.3) is 0 Å². The Kier molecular flexibility index (Phi) is 4.82. The number of pyridine rings is 1. The number of alkyl halides is 9. The summed E-state index contributed by atoms with van der Waals surface area (Å²) >= 11 is 2.59. The second kappa shape index (κ2) is 5.70. The monoisotopic (exact) mass is 373 g/mol. The SMILES string of the molecule is FC(F)c1nc(OC(F)(F)F)cc(CBr)c1C(F)(F)F. The van der Waals surface area contributed by atoms with Gasteiger partial charge in [0.25, 0.3) is 6.43 Å². The number of nitrogens with zero attached hydrogens (tertiary/aromatic N) is 1. The van der Waals surface area contributed by atoms with Crippen molar-refractivity contribution in [1.29, 1.82) is 0 Å². The van der Waals surface area contributed by atoms with Crippen LogP contribution in [0.1, 0.15) is 23.2 Å². The quantitative estimate of drug-likeness (QED) is 0.559. The van der Waals surface area contributed by atoms with Crippen LogP contribution in [0.2, 0.25) is 0 Å². The van der Waals surface area contributed by atoms with Crippen molar-refractivity contribution < 1.29 is 39.9 Å². The first-order chi connectivity index (χ1) is 8.95. The van der Waals surface area contributed by atoms with E-state index in [9.17, 15) is 35.1 Å². The first-order valence-corrected chi connectivity index (χ1v) is 5.78. The van der Waals surface area contributed by atoms with Gasteiger partial charge in [-0.05, 0) is 5.56 Å². The van der Waals surface area contributed by atoms with E-state index in [1.165, 1.54) is 0 Å². The standard InChI is InChI=1S/C9H4BrF8NO/c10-2-3-1-4(20-9(16,17)18)19-6(7(11)12)5(3)8(13,14)15/h1,7H,2H2. The van der Waals surface area contributed by atoms with Gasteiger partial charge in [-0.15, -0.1) is 13.2 Å². The molecule has 0 aliphatic heterocycles. The third kappa shape index (κ3) is 4.18. The molecule has 0 saturated carbocycles. The summed E-state index contributed by atoms with van der Waals surface area (Å²) in [4.78, 5) is 2.60. The molecule has 0 bridgehead atoms. The molecule has 20 heavy (non-hydrogen) atoms. The topological polar surface area (TPSA) is 22.1 Å². The highest BCUT2D eigenvalue weighted by molar-refractivity contribution is 9.08. The minimum absolute atomic E-state index is 0.303. The lowest BCUT2D eigenvalue weighted by molar-refractivity contribution is -0.276. The highest BCUT2D eigenvalue weighted by atomic mass is 79.9. The highest BCUT2D eigenvalue weighted by Crippen LogP contribution is 2.40. The molecular weight excluding hydrogens is 370 g/mol. The molecule has 0 aliphatic rings. The second-order valence-electron chi connectivity index (χ2n) is 3.36. The normalized spacial score (nSPS) is 12.9. The van der Waals surface area contributed by atoms with Crippen molar-refractivity contribution in [3.8, 4) is 5.88 Å². The maximum atomic E-state index is 12.7. The molecule has 114 valence electrons. The van der Waals surface area contributed by atoms with Crippen LogP contribution in [0.4, 0.5) is 35.1 Å². The molecule has 0 spiro atoms. The van der Waals surface area contributed by atoms with Crippen molar-refractivity contribution in [2.75, 3.05) is 0 Å². The van der Waals surface area contributed by atoms with Gasteiger partial charge < -0.3 is 4.74 Å². The summed E-state index contributed by atoms with van der Waals surface area (Å²) < 4.78 is 102. The maximum Gasteiger partial charge on any atom is 0.574 e. The molecule has 0 aromatic carbocycles. The lowest BCUT2D eigenvalue weighted by Crippen LogP contribution is -2.20. The van der Waals surface area contributed by atoms with Crippen LogP contribution in [0.3, 0.4) is 0 Å². The fraction of sp³-hybridized carbons (Fsp3) is 0.444. The van der Waals surface area contributed by atoms with Crippen molar-refractivity contribution in [2.24, 2.45) is 0 Å². The Morgan fingerprint density at radius 3 is 2.05 bits per heavy atom. The van der Waals surface area contributed by atoms with Crippen molar-refractivity contribution in [3.63, 3.8) is 0 Å². The van der Waals surface area contributed by atoms with Crippen molar-refractivity contribution in [3.05, 3.63) is 22.9 Å². The summed E-state index contributed by atoms with van der Waals surface area (Å²) in [6.45, 7) is 0. The molecule has 0 aliphatic carbocycles. The summed E-state index contributed by atoms with van der Waals surface area (Å²) in [6, 6.07) is 0.303. The Hall–Kier alpha value is -1.13. The number of hydrogen-bond acceptors (Lipinski definition) is 2. The molecule has 0 atom stereocenters. The van der Waals surface area contributed by atoms with Crippen molar-refractivity contribution >= 4 is 15.9 Å². The molecule has 0 radical (unpaired) electrons. The highest BCUT2D eigenvalue weighted by Gasteiger charge is 2.41. The van der Waals surface area contributed by atoms with Gasteiger partial charge in [0.1, 0.15) is 5.69 Å². The Bertz CT molecular complexity index is 484. The van der Waals surface area contributed by atoms with Gasteiger partial charge in [0, 0.05) is 11.4 Å². The zero-order chi connectivity index (χ0) is 15.7. The van der Waals surface area contributed by atoms with Gasteiger partial charge >= 0.3 is 12.5 Å². The van der Waals surface area contributed by atoms with Gasteiger partial charge in [-0.1, -0.05) is 15.9 Å². The molecule has 1 aromatic rings. The van der Waals surface area contributed by atoms with Gasteiger partial charge in [-0.2, -0.15) is 13.2 Å². The number of aromatic nitrogens is 1. The first kappa shape index (κ1) is 16.9. The molecule has 11 heteroatoms. The summed E-state index contributed by atoms with van der Waals surface area (Å²) in [7, 11) is 0. The van der Waals surface area contributed by atoms with E-state index in [0.29, 0.717) is 6.07 Å².